The first-order valence-electron chi connectivity index (χ1n) is 4.98. The molecule has 1 aromatic heterocycles. The summed E-state index contributed by atoms with van der Waals surface area (Å²) in [5.74, 6) is 0.736. The van der Waals surface area contributed by atoms with Gasteiger partial charge in [-0.25, -0.2) is 4.98 Å². The van der Waals surface area contributed by atoms with Gasteiger partial charge in [0.05, 0.1) is 11.9 Å². The highest BCUT2D eigenvalue weighted by Crippen LogP contribution is 2.15. The summed E-state index contributed by atoms with van der Waals surface area (Å²) in [6, 6.07) is 0. The van der Waals surface area contributed by atoms with E-state index in [0.717, 1.165) is 10.8 Å². The molecule has 0 amide bonds. The zero-order valence-corrected chi connectivity index (χ0v) is 9.87. The Morgan fingerprint density at radius 2 is 2.00 bits per heavy atom. The SMILES string of the molecule is CCOC(CSc1cnccn1)OCC. The van der Waals surface area contributed by atoms with Crippen molar-refractivity contribution in [3.05, 3.63) is 18.6 Å². The summed E-state index contributed by atoms with van der Waals surface area (Å²) in [5, 5.41) is 0.891. The molecule has 5 heteroatoms. The van der Waals surface area contributed by atoms with Gasteiger partial charge in [0.2, 0.25) is 0 Å². The molecule has 0 radical (unpaired) electrons. The van der Waals surface area contributed by atoms with Gasteiger partial charge in [0.15, 0.2) is 6.29 Å². The smallest absolute Gasteiger partial charge is 0.166 e. The van der Waals surface area contributed by atoms with Crippen LogP contribution in [0.25, 0.3) is 0 Å². The lowest BCUT2D eigenvalue weighted by molar-refractivity contribution is -0.120. The van der Waals surface area contributed by atoms with Gasteiger partial charge in [0.1, 0.15) is 5.03 Å². The third-order valence-electron chi connectivity index (χ3n) is 1.61. The number of hydrogen-bond donors (Lipinski definition) is 0. The van der Waals surface area contributed by atoms with Crippen LogP contribution in [0, 0.1) is 0 Å². The van der Waals surface area contributed by atoms with E-state index in [-0.39, 0.29) is 6.29 Å². The molecule has 1 rings (SSSR count). The van der Waals surface area contributed by atoms with E-state index in [2.05, 4.69) is 9.97 Å². The largest absolute Gasteiger partial charge is 0.352 e. The third-order valence-corrected chi connectivity index (χ3v) is 2.56. The highest BCUT2D eigenvalue weighted by molar-refractivity contribution is 7.99. The first kappa shape index (κ1) is 12.4. The molecule has 0 N–H and O–H groups in total. The quantitative estimate of drug-likeness (QED) is 0.527. The van der Waals surface area contributed by atoms with Crippen molar-refractivity contribution in [1.82, 2.24) is 9.97 Å². The van der Waals surface area contributed by atoms with E-state index >= 15 is 0 Å². The van der Waals surface area contributed by atoms with E-state index in [1.165, 1.54) is 0 Å². The third kappa shape index (κ3) is 5.11. The van der Waals surface area contributed by atoms with Crippen LogP contribution in [-0.4, -0.2) is 35.2 Å². The lowest BCUT2D eigenvalue weighted by atomic mass is 10.7. The molecule has 0 atom stereocenters. The predicted octanol–water partition coefficient (Wildman–Crippen LogP) is 1.97. The summed E-state index contributed by atoms with van der Waals surface area (Å²) in [6.07, 6.45) is 4.91. The summed E-state index contributed by atoms with van der Waals surface area (Å²) in [7, 11) is 0. The van der Waals surface area contributed by atoms with Crippen LogP contribution < -0.4 is 0 Å². The number of rotatable bonds is 7. The van der Waals surface area contributed by atoms with Gasteiger partial charge in [0.25, 0.3) is 0 Å². The topological polar surface area (TPSA) is 44.2 Å². The van der Waals surface area contributed by atoms with Gasteiger partial charge in [0, 0.05) is 25.6 Å². The fraction of sp³-hybridized carbons (Fsp3) is 0.600. The normalized spacial score (nSPS) is 10.9. The van der Waals surface area contributed by atoms with Crippen molar-refractivity contribution in [2.24, 2.45) is 0 Å². The Balaban J connectivity index is 2.33. The van der Waals surface area contributed by atoms with Gasteiger partial charge in [-0.1, -0.05) is 11.8 Å². The Hall–Kier alpha value is -0.650. The van der Waals surface area contributed by atoms with Gasteiger partial charge in [-0.15, -0.1) is 0 Å². The highest BCUT2D eigenvalue weighted by Gasteiger charge is 2.08. The van der Waals surface area contributed by atoms with Crippen molar-refractivity contribution in [2.75, 3.05) is 19.0 Å². The summed E-state index contributed by atoms with van der Waals surface area (Å²) in [4.78, 5) is 8.15. The van der Waals surface area contributed by atoms with Crippen LogP contribution in [0.5, 0.6) is 0 Å². The molecular formula is C10H16N2O2S. The first-order valence-corrected chi connectivity index (χ1v) is 5.97. The Bertz CT molecular complexity index is 253. The van der Waals surface area contributed by atoms with Crippen molar-refractivity contribution >= 4 is 11.8 Å². The summed E-state index contributed by atoms with van der Waals surface area (Å²) in [5.41, 5.74) is 0. The second-order valence-corrected chi connectivity index (χ2v) is 3.74. The molecule has 1 heterocycles. The summed E-state index contributed by atoms with van der Waals surface area (Å²) in [6.45, 7) is 5.23. The molecule has 84 valence electrons. The average molecular weight is 228 g/mol. The maximum absolute atomic E-state index is 5.41. The molecule has 0 aliphatic carbocycles. The molecule has 1 aromatic rings. The summed E-state index contributed by atoms with van der Waals surface area (Å²) < 4.78 is 10.8. The Kier molecular flexibility index (Phi) is 6.31. The van der Waals surface area contributed by atoms with E-state index in [1.54, 1.807) is 30.4 Å². The van der Waals surface area contributed by atoms with Crippen LogP contribution in [0.2, 0.25) is 0 Å². The molecule has 0 aliphatic heterocycles. The molecule has 0 aromatic carbocycles. The fourth-order valence-corrected chi connectivity index (χ4v) is 1.80. The summed E-state index contributed by atoms with van der Waals surface area (Å²) >= 11 is 1.58. The van der Waals surface area contributed by atoms with Gasteiger partial charge >= 0.3 is 0 Å². The van der Waals surface area contributed by atoms with E-state index in [4.69, 9.17) is 9.47 Å². The van der Waals surface area contributed by atoms with Crippen molar-refractivity contribution in [3.63, 3.8) is 0 Å². The molecule has 15 heavy (non-hydrogen) atoms. The minimum atomic E-state index is -0.160. The molecule has 4 nitrogen and oxygen atoms in total. The number of aromatic nitrogens is 2. The van der Waals surface area contributed by atoms with Crippen LogP contribution in [0.3, 0.4) is 0 Å². The molecule has 0 bridgehead atoms. The van der Waals surface area contributed by atoms with Crippen molar-refractivity contribution < 1.29 is 9.47 Å². The van der Waals surface area contributed by atoms with Crippen molar-refractivity contribution in [3.8, 4) is 0 Å². The minimum absolute atomic E-state index is 0.160. The fourth-order valence-electron chi connectivity index (χ4n) is 1.03. The van der Waals surface area contributed by atoms with E-state index in [1.807, 2.05) is 13.8 Å². The van der Waals surface area contributed by atoms with Crippen molar-refractivity contribution in [2.45, 2.75) is 25.2 Å². The zero-order chi connectivity index (χ0) is 10.9. The molecule has 0 saturated heterocycles. The number of ether oxygens (including phenoxy) is 2. The molecule has 0 fully saturated rings. The molecule has 0 unspecified atom stereocenters. The maximum atomic E-state index is 5.41. The Morgan fingerprint density at radius 3 is 2.53 bits per heavy atom. The van der Waals surface area contributed by atoms with Crippen LogP contribution in [-0.2, 0) is 9.47 Å². The maximum Gasteiger partial charge on any atom is 0.166 e. The standard InChI is InChI=1S/C10H16N2O2S/c1-3-13-10(14-4-2)8-15-9-7-11-5-6-12-9/h5-7,10H,3-4,8H2,1-2H3. The lowest BCUT2D eigenvalue weighted by Crippen LogP contribution is -2.20. The Labute approximate surface area is 94.4 Å². The Morgan fingerprint density at radius 1 is 1.27 bits per heavy atom. The average Bonchev–Trinajstić information content (AvgIpc) is 2.28. The van der Waals surface area contributed by atoms with Crippen LogP contribution in [0.4, 0.5) is 0 Å². The lowest BCUT2D eigenvalue weighted by Gasteiger charge is -2.15. The number of hydrogen-bond acceptors (Lipinski definition) is 5. The van der Waals surface area contributed by atoms with Crippen molar-refractivity contribution in [1.29, 1.82) is 0 Å². The minimum Gasteiger partial charge on any atom is -0.352 e. The molecule has 0 aliphatic rings. The molecule has 0 saturated carbocycles. The van der Waals surface area contributed by atoms with E-state index in [9.17, 15) is 0 Å². The number of nitrogens with zero attached hydrogens (tertiary/aromatic N) is 2. The van der Waals surface area contributed by atoms with Gasteiger partial charge in [-0.2, -0.15) is 0 Å². The predicted molar refractivity (Wildman–Crippen MR) is 59.8 cm³/mol. The zero-order valence-electron chi connectivity index (χ0n) is 9.05. The van der Waals surface area contributed by atoms with E-state index < -0.39 is 0 Å². The second-order valence-electron chi connectivity index (χ2n) is 2.69. The van der Waals surface area contributed by atoms with E-state index in [0.29, 0.717) is 13.2 Å². The van der Waals surface area contributed by atoms with Crippen LogP contribution >= 0.6 is 11.8 Å². The number of thioether (sulfide) groups is 1. The van der Waals surface area contributed by atoms with Crippen LogP contribution in [0.15, 0.2) is 23.6 Å². The molecule has 0 spiro atoms. The van der Waals surface area contributed by atoms with Crippen LogP contribution in [0.1, 0.15) is 13.8 Å². The highest BCUT2D eigenvalue weighted by atomic mass is 32.2. The monoisotopic (exact) mass is 228 g/mol. The molecular weight excluding hydrogens is 212 g/mol. The first-order chi connectivity index (χ1) is 7.36. The van der Waals surface area contributed by atoms with Gasteiger partial charge in [-0.05, 0) is 13.8 Å². The van der Waals surface area contributed by atoms with Gasteiger partial charge in [-0.3, -0.25) is 4.98 Å². The van der Waals surface area contributed by atoms with Gasteiger partial charge < -0.3 is 9.47 Å². The second kappa shape index (κ2) is 7.62.